The summed E-state index contributed by atoms with van der Waals surface area (Å²) < 4.78 is 12.7. The molecule has 0 bridgehead atoms. The summed E-state index contributed by atoms with van der Waals surface area (Å²) in [5, 5.41) is 11.7. The van der Waals surface area contributed by atoms with E-state index in [1.54, 1.807) is 24.3 Å². The van der Waals surface area contributed by atoms with E-state index in [0.29, 0.717) is 30.9 Å². The third-order valence-electron chi connectivity index (χ3n) is 4.39. The smallest absolute Gasteiger partial charge is 0.328 e. The number of carbonyl (C=O) groups is 1. The summed E-state index contributed by atoms with van der Waals surface area (Å²) in [4.78, 5) is 37.2. The van der Waals surface area contributed by atoms with Gasteiger partial charge in [0.15, 0.2) is 0 Å². The number of benzene rings is 1. The molecule has 3 rings (SSSR count). The first kappa shape index (κ1) is 19.4. The zero-order valence-corrected chi connectivity index (χ0v) is 15.1. The Kier molecular flexibility index (Phi) is 6.24. The third-order valence-corrected chi connectivity index (χ3v) is 4.39. The van der Waals surface area contributed by atoms with Crippen LogP contribution < -0.4 is 21.3 Å². The molecule has 2 N–H and O–H groups in total. The molecule has 9 nitrogen and oxygen atoms in total. The van der Waals surface area contributed by atoms with Crippen molar-refractivity contribution in [3.63, 3.8) is 0 Å². The van der Waals surface area contributed by atoms with E-state index >= 15 is 0 Å². The Morgan fingerprint density at radius 2 is 2.11 bits per heavy atom. The Labute approximate surface area is 160 Å². The maximum Gasteiger partial charge on any atom is 0.328 e. The summed E-state index contributed by atoms with van der Waals surface area (Å²) in [6.45, 7) is 1.00. The lowest BCUT2D eigenvalue weighted by Crippen LogP contribution is -2.52. The van der Waals surface area contributed by atoms with Gasteiger partial charge in [-0.1, -0.05) is 0 Å². The fourth-order valence-corrected chi connectivity index (χ4v) is 2.90. The van der Waals surface area contributed by atoms with Crippen LogP contribution in [0.5, 0.6) is 5.75 Å². The Bertz CT molecular complexity index is 973. The van der Waals surface area contributed by atoms with Crippen LogP contribution in [-0.4, -0.2) is 40.8 Å². The molecule has 1 aromatic heterocycles. The lowest BCUT2D eigenvalue weighted by atomic mass is 10.1. The number of rotatable bonds is 6. The first-order valence-electron chi connectivity index (χ1n) is 8.89. The van der Waals surface area contributed by atoms with Crippen molar-refractivity contribution in [2.75, 3.05) is 13.2 Å². The molecule has 0 spiro atoms. The molecule has 2 heterocycles. The summed E-state index contributed by atoms with van der Waals surface area (Å²) in [5.41, 5.74) is -0.488. The van der Waals surface area contributed by atoms with Crippen LogP contribution in [0.3, 0.4) is 0 Å². The maximum absolute atomic E-state index is 12.3. The molecule has 0 aliphatic carbocycles. The number of aromatic nitrogens is 2. The van der Waals surface area contributed by atoms with Gasteiger partial charge in [0.05, 0.1) is 30.9 Å². The van der Waals surface area contributed by atoms with Gasteiger partial charge in [-0.15, -0.1) is 0 Å². The summed E-state index contributed by atoms with van der Waals surface area (Å²) in [6.07, 6.45) is 1.78. The van der Waals surface area contributed by atoms with Crippen LogP contribution in [0.4, 0.5) is 0 Å². The van der Waals surface area contributed by atoms with Crippen LogP contribution in [0.2, 0.25) is 0 Å². The molecule has 1 aliphatic heterocycles. The van der Waals surface area contributed by atoms with Gasteiger partial charge in [-0.25, -0.2) is 4.79 Å². The number of ether oxygens (including phenoxy) is 2. The van der Waals surface area contributed by atoms with E-state index in [4.69, 9.17) is 14.7 Å². The van der Waals surface area contributed by atoms with Crippen LogP contribution in [0.15, 0.2) is 46.1 Å². The van der Waals surface area contributed by atoms with E-state index in [0.717, 1.165) is 0 Å². The predicted molar refractivity (Wildman–Crippen MR) is 98.9 cm³/mol. The monoisotopic (exact) mass is 384 g/mol. The summed E-state index contributed by atoms with van der Waals surface area (Å²) in [6, 6.07) is 9.73. The molecular weight excluding hydrogens is 364 g/mol. The topological polar surface area (TPSA) is 126 Å². The van der Waals surface area contributed by atoms with Crippen molar-refractivity contribution in [3.05, 3.63) is 62.9 Å². The summed E-state index contributed by atoms with van der Waals surface area (Å²) in [7, 11) is 0. The minimum absolute atomic E-state index is 0.0754. The van der Waals surface area contributed by atoms with E-state index in [-0.39, 0.29) is 31.0 Å². The normalized spacial score (nSPS) is 18.8. The number of nitrogens with zero attached hydrogens (tertiary/aromatic N) is 2. The second kappa shape index (κ2) is 9.01. The quantitative estimate of drug-likeness (QED) is 0.730. The number of hydrogen-bond acceptors (Lipinski definition) is 6. The highest BCUT2D eigenvalue weighted by atomic mass is 16.5. The van der Waals surface area contributed by atoms with Gasteiger partial charge in [0, 0.05) is 31.6 Å². The predicted octanol–water partition coefficient (Wildman–Crippen LogP) is 0.151. The molecule has 0 saturated carbocycles. The second-order valence-corrected chi connectivity index (χ2v) is 6.38. The minimum Gasteiger partial charge on any atom is -0.488 e. The molecule has 1 saturated heterocycles. The van der Waals surface area contributed by atoms with E-state index in [1.165, 1.54) is 16.8 Å². The van der Waals surface area contributed by atoms with Crippen molar-refractivity contribution in [2.24, 2.45) is 0 Å². The highest BCUT2D eigenvalue weighted by molar-refractivity contribution is 5.76. The number of nitrogens with one attached hydrogen (secondary N) is 2. The number of aromatic amines is 1. The van der Waals surface area contributed by atoms with Crippen LogP contribution in [-0.2, 0) is 16.1 Å². The fraction of sp³-hybridized carbons (Fsp3) is 0.368. The first-order valence-corrected chi connectivity index (χ1v) is 8.89. The lowest BCUT2D eigenvalue weighted by Gasteiger charge is -2.32. The third kappa shape index (κ3) is 5.08. The molecule has 0 unspecified atom stereocenters. The lowest BCUT2D eigenvalue weighted by molar-refractivity contribution is -0.124. The van der Waals surface area contributed by atoms with Gasteiger partial charge in [-0.2, -0.15) is 5.26 Å². The highest BCUT2D eigenvalue weighted by Crippen LogP contribution is 2.19. The SMILES string of the molecule is N#Cc1ccc(O[C@@H]2CCOC[C@H]2NC(=O)CCn2ccc(=O)[nH]c2=O)cc1. The van der Waals surface area contributed by atoms with Crippen molar-refractivity contribution < 1.29 is 14.3 Å². The Morgan fingerprint density at radius 3 is 2.82 bits per heavy atom. The molecular formula is C19H20N4O5. The number of carbonyl (C=O) groups excluding carboxylic acids is 1. The zero-order chi connectivity index (χ0) is 19.9. The van der Waals surface area contributed by atoms with Crippen LogP contribution in [0.25, 0.3) is 0 Å². The van der Waals surface area contributed by atoms with E-state index in [2.05, 4.69) is 16.4 Å². The molecule has 1 aliphatic rings. The molecule has 28 heavy (non-hydrogen) atoms. The van der Waals surface area contributed by atoms with Crippen molar-refractivity contribution in [1.82, 2.24) is 14.9 Å². The second-order valence-electron chi connectivity index (χ2n) is 6.38. The van der Waals surface area contributed by atoms with Gasteiger partial charge in [-0.05, 0) is 24.3 Å². The maximum atomic E-state index is 12.3. The number of nitriles is 1. The summed E-state index contributed by atoms with van der Waals surface area (Å²) >= 11 is 0. The highest BCUT2D eigenvalue weighted by Gasteiger charge is 2.29. The van der Waals surface area contributed by atoms with Gasteiger partial charge >= 0.3 is 5.69 Å². The molecule has 9 heteroatoms. The largest absolute Gasteiger partial charge is 0.488 e. The zero-order valence-electron chi connectivity index (χ0n) is 15.1. The number of hydrogen-bond donors (Lipinski definition) is 2. The fourth-order valence-electron chi connectivity index (χ4n) is 2.90. The first-order chi connectivity index (χ1) is 13.5. The van der Waals surface area contributed by atoms with Crippen molar-refractivity contribution in [1.29, 1.82) is 5.26 Å². The van der Waals surface area contributed by atoms with Gasteiger partial charge < -0.3 is 19.4 Å². The molecule has 146 valence electrons. The van der Waals surface area contributed by atoms with Crippen LogP contribution in [0, 0.1) is 11.3 Å². The van der Waals surface area contributed by atoms with Crippen molar-refractivity contribution >= 4 is 5.91 Å². The van der Waals surface area contributed by atoms with Crippen molar-refractivity contribution in [3.8, 4) is 11.8 Å². The van der Waals surface area contributed by atoms with E-state index in [1.807, 2.05) is 0 Å². The molecule has 2 atom stereocenters. The number of amides is 1. The minimum atomic E-state index is -0.552. The molecule has 1 fully saturated rings. The average molecular weight is 384 g/mol. The van der Waals surface area contributed by atoms with E-state index < -0.39 is 11.2 Å². The van der Waals surface area contributed by atoms with Crippen molar-refractivity contribution in [2.45, 2.75) is 31.5 Å². The summed E-state index contributed by atoms with van der Waals surface area (Å²) in [5.74, 6) is 0.368. The molecule has 1 amide bonds. The molecule has 1 aromatic carbocycles. The molecule has 0 radical (unpaired) electrons. The number of aryl methyl sites for hydroxylation is 1. The van der Waals surface area contributed by atoms with Gasteiger partial charge in [0.2, 0.25) is 5.91 Å². The average Bonchev–Trinajstić information content (AvgIpc) is 2.69. The van der Waals surface area contributed by atoms with E-state index in [9.17, 15) is 14.4 Å². The number of H-pyrrole nitrogens is 1. The van der Waals surface area contributed by atoms with Crippen LogP contribution in [0.1, 0.15) is 18.4 Å². The Hall–Kier alpha value is -3.38. The van der Waals surface area contributed by atoms with Gasteiger partial charge in [-0.3, -0.25) is 14.6 Å². The molecule has 2 aromatic rings. The van der Waals surface area contributed by atoms with Gasteiger partial charge in [0.1, 0.15) is 11.9 Å². The van der Waals surface area contributed by atoms with Gasteiger partial charge in [0.25, 0.3) is 5.56 Å². The Morgan fingerprint density at radius 1 is 1.32 bits per heavy atom. The standard InChI is InChI=1S/C19H20N4O5/c20-11-13-1-3-14(4-2-13)28-16-7-10-27-12-15(16)21-17(24)5-8-23-9-6-18(25)22-19(23)26/h1-4,6,9,15-16H,5,7-8,10,12H2,(H,21,24)(H,22,25,26)/t15-,16-/m1/s1. The van der Waals surface area contributed by atoms with Crippen LogP contribution >= 0.6 is 0 Å². The Balaban J connectivity index is 1.57.